The van der Waals surface area contributed by atoms with Gasteiger partial charge in [-0.15, -0.1) is 0 Å². The van der Waals surface area contributed by atoms with E-state index in [0.29, 0.717) is 11.0 Å². The summed E-state index contributed by atoms with van der Waals surface area (Å²) >= 11 is 3.38. The average Bonchev–Trinajstić information content (AvgIpc) is 2.38. The van der Waals surface area contributed by atoms with Crippen molar-refractivity contribution in [2.24, 2.45) is 0 Å². The van der Waals surface area contributed by atoms with Crippen molar-refractivity contribution in [3.63, 3.8) is 0 Å². The number of halogens is 1. The molecule has 0 fully saturated rings. The van der Waals surface area contributed by atoms with Gasteiger partial charge in [-0.2, -0.15) is 0 Å². The summed E-state index contributed by atoms with van der Waals surface area (Å²) in [7, 11) is 0. The zero-order valence-corrected chi connectivity index (χ0v) is 11.5. The van der Waals surface area contributed by atoms with Gasteiger partial charge in [0.25, 0.3) is 0 Å². The third kappa shape index (κ3) is 1.75. The van der Waals surface area contributed by atoms with Crippen molar-refractivity contribution in [3.8, 4) is 0 Å². The fourth-order valence-corrected chi connectivity index (χ4v) is 2.51. The van der Waals surface area contributed by atoms with Gasteiger partial charge in [-0.3, -0.25) is 0 Å². The van der Waals surface area contributed by atoms with Crippen molar-refractivity contribution >= 4 is 37.7 Å². The topological polar surface area (TPSA) is 30.2 Å². The van der Waals surface area contributed by atoms with Gasteiger partial charge in [-0.1, -0.05) is 35.0 Å². The predicted molar refractivity (Wildman–Crippen MR) is 77.1 cm³/mol. The van der Waals surface area contributed by atoms with Gasteiger partial charge < -0.3 is 4.42 Å². The van der Waals surface area contributed by atoms with Crippen LogP contribution in [0.3, 0.4) is 0 Å². The van der Waals surface area contributed by atoms with E-state index < -0.39 is 0 Å². The van der Waals surface area contributed by atoms with Gasteiger partial charge >= 0.3 is 5.63 Å². The molecule has 1 aromatic heterocycles. The molecular weight excluding hydrogens is 292 g/mol. The van der Waals surface area contributed by atoms with Crippen molar-refractivity contribution in [1.29, 1.82) is 0 Å². The molecule has 0 atom stereocenters. The molecule has 0 saturated carbocycles. The molecule has 0 aliphatic heterocycles. The van der Waals surface area contributed by atoms with Crippen LogP contribution in [0.1, 0.15) is 12.5 Å². The van der Waals surface area contributed by atoms with E-state index in [4.69, 9.17) is 4.42 Å². The zero-order chi connectivity index (χ0) is 12.7. The number of hydrogen-bond acceptors (Lipinski definition) is 2. The minimum atomic E-state index is -0.272. The summed E-state index contributed by atoms with van der Waals surface area (Å²) in [5.41, 5.74) is 1.49. The minimum Gasteiger partial charge on any atom is -0.422 e. The maximum absolute atomic E-state index is 12.0. The van der Waals surface area contributed by atoms with Gasteiger partial charge in [-0.05, 0) is 41.6 Å². The molecule has 18 heavy (non-hydrogen) atoms. The zero-order valence-electron chi connectivity index (χ0n) is 9.87. The lowest BCUT2D eigenvalue weighted by Crippen LogP contribution is -2.00. The van der Waals surface area contributed by atoms with Crippen LogP contribution in [-0.2, 0) is 6.42 Å². The van der Waals surface area contributed by atoms with Crippen LogP contribution in [-0.4, -0.2) is 0 Å². The Morgan fingerprint density at radius 2 is 1.83 bits per heavy atom. The summed E-state index contributed by atoms with van der Waals surface area (Å²) in [6.07, 6.45) is 0.910. The first kappa shape index (κ1) is 11.5. The van der Waals surface area contributed by atoms with E-state index in [9.17, 15) is 4.79 Å². The quantitative estimate of drug-likeness (QED) is 0.496. The second-order valence-corrected chi connectivity index (χ2v) is 5.18. The molecule has 1 heterocycles. The second-order valence-electron chi connectivity index (χ2n) is 4.26. The Labute approximate surface area is 112 Å². The van der Waals surface area contributed by atoms with E-state index in [1.807, 2.05) is 30.3 Å². The summed E-state index contributed by atoms with van der Waals surface area (Å²) in [6, 6.07) is 11.7. The van der Waals surface area contributed by atoms with E-state index in [1.54, 1.807) is 0 Å². The van der Waals surface area contributed by atoms with Gasteiger partial charge in [-0.25, -0.2) is 4.79 Å². The first-order valence-electron chi connectivity index (χ1n) is 5.84. The van der Waals surface area contributed by atoms with Crippen LogP contribution < -0.4 is 5.63 Å². The molecule has 3 aromatic rings. The maximum atomic E-state index is 12.0. The Morgan fingerprint density at radius 3 is 2.61 bits per heavy atom. The van der Waals surface area contributed by atoms with Crippen LogP contribution in [0.2, 0.25) is 0 Å². The number of rotatable bonds is 1. The molecule has 0 bridgehead atoms. The highest BCUT2D eigenvalue weighted by molar-refractivity contribution is 9.10. The van der Waals surface area contributed by atoms with E-state index >= 15 is 0 Å². The molecule has 0 N–H and O–H groups in total. The third-order valence-corrected chi connectivity index (χ3v) is 3.64. The highest BCUT2D eigenvalue weighted by Gasteiger charge is 2.07. The molecule has 0 unspecified atom stereocenters. The summed E-state index contributed by atoms with van der Waals surface area (Å²) < 4.78 is 6.27. The average molecular weight is 303 g/mol. The smallest absolute Gasteiger partial charge is 0.344 e. The Hall–Kier alpha value is -1.61. The lowest BCUT2D eigenvalue weighted by Gasteiger charge is -2.04. The van der Waals surface area contributed by atoms with Crippen molar-refractivity contribution in [2.75, 3.05) is 0 Å². The van der Waals surface area contributed by atoms with Gasteiger partial charge in [0, 0.05) is 9.86 Å². The fourth-order valence-electron chi connectivity index (χ4n) is 2.17. The summed E-state index contributed by atoms with van der Waals surface area (Å²) in [6.45, 7) is 2.07. The molecule has 2 nitrogen and oxygen atoms in total. The molecular formula is C15H11BrO2. The van der Waals surface area contributed by atoms with Crippen LogP contribution in [0.4, 0.5) is 0 Å². The SMILES string of the molecule is CCc1ccc2c(c1)c(=O)oc1cc(Br)ccc12. The summed E-state index contributed by atoms with van der Waals surface area (Å²) in [5.74, 6) is 0. The Bertz CT molecular complexity index is 803. The predicted octanol–water partition coefficient (Wildman–Crippen LogP) is 4.27. The van der Waals surface area contributed by atoms with Crippen LogP contribution in [0.15, 0.2) is 50.1 Å². The highest BCUT2D eigenvalue weighted by atomic mass is 79.9. The summed E-state index contributed by atoms with van der Waals surface area (Å²) in [4.78, 5) is 12.0. The number of aryl methyl sites for hydroxylation is 1. The molecule has 2 aromatic carbocycles. The van der Waals surface area contributed by atoms with Crippen molar-refractivity contribution < 1.29 is 4.42 Å². The van der Waals surface area contributed by atoms with Crippen LogP contribution in [0, 0.1) is 0 Å². The van der Waals surface area contributed by atoms with E-state index in [-0.39, 0.29) is 5.63 Å². The maximum Gasteiger partial charge on any atom is 0.344 e. The fraction of sp³-hybridized carbons (Fsp3) is 0.133. The largest absolute Gasteiger partial charge is 0.422 e. The Morgan fingerprint density at radius 1 is 1.06 bits per heavy atom. The molecule has 0 spiro atoms. The second kappa shape index (κ2) is 4.25. The van der Waals surface area contributed by atoms with Gasteiger partial charge in [0.15, 0.2) is 0 Å². The molecule has 3 heteroatoms. The van der Waals surface area contributed by atoms with Crippen LogP contribution in [0.25, 0.3) is 21.7 Å². The van der Waals surface area contributed by atoms with Gasteiger partial charge in [0.1, 0.15) is 5.58 Å². The standard InChI is InChI=1S/C15H11BrO2/c1-2-9-3-5-11-12-6-4-10(16)8-14(12)18-15(17)13(11)7-9/h3-8H,2H2,1H3. The number of benzene rings is 2. The van der Waals surface area contributed by atoms with Crippen molar-refractivity contribution in [3.05, 3.63) is 56.9 Å². The van der Waals surface area contributed by atoms with Crippen molar-refractivity contribution in [2.45, 2.75) is 13.3 Å². The number of hydrogen-bond donors (Lipinski definition) is 0. The van der Waals surface area contributed by atoms with Gasteiger partial charge in [0.2, 0.25) is 0 Å². The van der Waals surface area contributed by atoms with E-state index in [1.165, 1.54) is 0 Å². The molecule has 0 aliphatic rings. The Kier molecular flexibility index (Phi) is 2.71. The van der Waals surface area contributed by atoms with E-state index in [0.717, 1.165) is 27.2 Å². The lowest BCUT2D eigenvalue weighted by molar-refractivity contribution is 0.569. The van der Waals surface area contributed by atoms with Gasteiger partial charge in [0.05, 0.1) is 5.39 Å². The lowest BCUT2D eigenvalue weighted by atomic mass is 10.0. The molecule has 90 valence electrons. The minimum absolute atomic E-state index is 0.272. The monoisotopic (exact) mass is 302 g/mol. The van der Waals surface area contributed by atoms with Crippen LogP contribution >= 0.6 is 15.9 Å². The first-order valence-corrected chi connectivity index (χ1v) is 6.63. The molecule has 3 rings (SSSR count). The third-order valence-electron chi connectivity index (χ3n) is 3.15. The Balaban J connectivity index is 2.51. The first-order chi connectivity index (χ1) is 8.69. The number of fused-ring (bicyclic) bond motifs is 3. The highest BCUT2D eigenvalue weighted by Crippen LogP contribution is 2.26. The normalized spacial score (nSPS) is 11.2. The summed E-state index contributed by atoms with van der Waals surface area (Å²) in [5, 5.41) is 2.57. The molecule has 0 radical (unpaired) electrons. The van der Waals surface area contributed by atoms with Crippen LogP contribution in [0.5, 0.6) is 0 Å². The van der Waals surface area contributed by atoms with E-state index in [2.05, 4.69) is 28.9 Å². The molecule has 0 saturated heterocycles. The molecule has 0 amide bonds. The van der Waals surface area contributed by atoms with Crippen molar-refractivity contribution in [1.82, 2.24) is 0 Å². The molecule has 0 aliphatic carbocycles.